The summed E-state index contributed by atoms with van der Waals surface area (Å²) in [6.45, 7) is 2.44. The maximum atomic E-state index is 12.6. The molecule has 0 spiro atoms. The van der Waals surface area contributed by atoms with Crippen LogP contribution in [0.25, 0.3) is 0 Å². The Hall–Kier alpha value is -3.15. The molecule has 28 heavy (non-hydrogen) atoms. The molecule has 2 aromatic rings. The highest BCUT2D eigenvalue weighted by molar-refractivity contribution is 6.03. The summed E-state index contributed by atoms with van der Waals surface area (Å²) in [5.74, 6) is -0.637. The zero-order valence-electron chi connectivity index (χ0n) is 16.2. The van der Waals surface area contributed by atoms with Crippen LogP contribution >= 0.6 is 0 Å². The Labute approximate surface area is 164 Å². The second-order valence-corrected chi connectivity index (χ2v) is 6.92. The first kappa shape index (κ1) is 19.6. The second kappa shape index (κ2) is 8.69. The second-order valence-electron chi connectivity index (χ2n) is 6.92. The Bertz CT molecular complexity index is 877. The fraction of sp³-hybridized carbons (Fsp3) is 0.318. The normalized spacial score (nSPS) is 16.1. The summed E-state index contributed by atoms with van der Waals surface area (Å²) in [7, 11) is 1.60. The summed E-state index contributed by atoms with van der Waals surface area (Å²) in [5, 5.41) is 5.46. The van der Waals surface area contributed by atoms with Crippen LogP contribution in [0, 0.1) is 5.92 Å². The molecule has 146 valence electrons. The molecular formula is C22H25N3O3. The van der Waals surface area contributed by atoms with Crippen molar-refractivity contribution in [3.63, 3.8) is 0 Å². The van der Waals surface area contributed by atoms with Crippen molar-refractivity contribution in [1.82, 2.24) is 5.32 Å². The summed E-state index contributed by atoms with van der Waals surface area (Å²) in [4.78, 5) is 38.3. The molecule has 1 heterocycles. The molecule has 6 heteroatoms. The smallest absolute Gasteiger partial charge is 0.229 e. The maximum absolute atomic E-state index is 12.6. The number of anilines is 2. The number of para-hydroxylation sites is 1. The lowest BCUT2D eigenvalue weighted by Crippen LogP contribution is -2.28. The molecule has 2 aromatic carbocycles. The van der Waals surface area contributed by atoms with E-state index in [1.54, 1.807) is 24.1 Å². The zero-order chi connectivity index (χ0) is 20.1. The van der Waals surface area contributed by atoms with E-state index in [4.69, 9.17) is 0 Å². The molecule has 0 radical (unpaired) electrons. The molecule has 0 aromatic heterocycles. The number of rotatable bonds is 6. The van der Waals surface area contributed by atoms with Gasteiger partial charge >= 0.3 is 0 Å². The first-order valence-electron chi connectivity index (χ1n) is 9.50. The predicted octanol–water partition coefficient (Wildman–Crippen LogP) is 2.53. The minimum atomic E-state index is -0.386. The van der Waals surface area contributed by atoms with E-state index in [2.05, 4.69) is 17.6 Å². The topological polar surface area (TPSA) is 78.5 Å². The summed E-state index contributed by atoms with van der Waals surface area (Å²) >= 11 is 0. The molecule has 2 N–H and O–H groups in total. The van der Waals surface area contributed by atoms with Crippen LogP contribution in [0.15, 0.2) is 48.5 Å². The van der Waals surface area contributed by atoms with Crippen molar-refractivity contribution in [3.8, 4) is 0 Å². The molecule has 0 saturated carbocycles. The van der Waals surface area contributed by atoms with Crippen molar-refractivity contribution in [2.45, 2.75) is 26.2 Å². The predicted molar refractivity (Wildman–Crippen MR) is 109 cm³/mol. The van der Waals surface area contributed by atoms with Crippen molar-refractivity contribution >= 4 is 29.1 Å². The van der Waals surface area contributed by atoms with Crippen molar-refractivity contribution in [2.75, 3.05) is 23.8 Å². The van der Waals surface area contributed by atoms with Gasteiger partial charge in [0.05, 0.1) is 12.3 Å². The van der Waals surface area contributed by atoms with Crippen LogP contribution < -0.4 is 15.5 Å². The van der Waals surface area contributed by atoms with E-state index in [9.17, 15) is 14.4 Å². The highest BCUT2D eigenvalue weighted by Gasteiger charge is 2.35. The molecule has 6 nitrogen and oxygen atoms in total. The summed E-state index contributed by atoms with van der Waals surface area (Å²) < 4.78 is 0. The first-order chi connectivity index (χ1) is 13.5. The van der Waals surface area contributed by atoms with Gasteiger partial charge < -0.3 is 15.5 Å². The van der Waals surface area contributed by atoms with Crippen molar-refractivity contribution in [1.29, 1.82) is 0 Å². The number of likely N-dealkylation sites (N-methyl/N-ethyl adjacent to an activating group) is 1. The van der Waals surface area contributed by atoms with E-state index >= 15 is 0 Å². The number of carbonyl (C=O) groups is 3. The number of amides is 3. The van der Waals surface area contributed by atoms with Crippen LogP contribution in [0.5, 0.6) is 0 Å². The fourth-order valence-electron chi connectivity index (χ4n) is 3.41. The lowest BCUT2D eigenvalue weighted by Gasteiger charge is -2.20. The van der Waals surface area contributed by atoms with Crippen LogP contribution in [-0.4, -0.2) is 31.3 Å². The fourth-order valence-corrected chi connectivity index (χ4v) is 3.41. The molecule has 1 aliphatic heterocycles. The van der Waals surface area contributed by atoms with Crippen LogP contribution in [0.1, 0.15) is 24.5 Å². The van der Waals surface area contributed by atoms with Crippen LogP contribution in [0.3, 0.4) is 0 Å². The summed E-state index contributed by atoms with van der Waals surface area (Å²) in [6, 6.07) is 15.0. The van der Waals surface area contributed by atoms with E-state index in [0.717, 1.165) is 23.2 Å². The molecule has 1 saturated heterocycles. The van der Waals surface area contributed by atoms with Gasteiger partial charge in [0.2, 0.25) is 17.7 Å². The Balaban J connectivity index is 1.64. The Morgan fingerprint density at radius 2 is 1.82 bits per heavy atom. The lowest BCUT2D eigenvalue weighted by molar-refractivity contribution is -0.122. The van der Waals surface area contributed by atoms with Crippen molar-refractivity contribution in [3.05, 3.63) is 59.7 Å². The minimum absolute atomic E-state index is 0.0259. The van der Waals surface area contributed by atoms with Gasteiger partial charge in [-0.2, -0.15) is 0 Å². The Morgan fingerprint density at radius 3 is 2.50 bits per heavy atom. The van der Waals surface area contributed by atoms with Crippen molar-refractivity contribution < 1.29 is 14.4 Å². The van der Waals surface area contributed by atoms with Gasteiger partial charge in [-0.3, -0.25) is 14.4 Å². The Kier molecular flexibility index (Phi) is 6.09. The number of hydrogen-bond acceptors (Lipinski definition) is 3. The minimum Gasteiger partial charge on any atom is -0.359 e. The summed E-state index contributed by atoms with van der Waals surface area (Å²) in [6.07, 6.45) is 1.34. The molecular weight excluding hydrogens is 354 g/mol. The molecule has 3 amide bonds. The zero-order valence-corrected chi connectivity index (χ0v) is 16.2. The van der Waals surface area contributed by atoms with Gasteiger partial charge in [-0.05, 0) is 35.7 Å². The van der Waals surface area contributed by atoms with Gasteiger partial charge in [0.25, 0.3) is 0 Å². The highest BCUT2D eigenvalue weighted by atomic mass is 16.2. The van der Waals surface area contributed by atoms with E-state index in [1.807, 2.05) is 36.4 Å². The third kappa shape index (κ3) is 4.39. The molecule has 1 unspecified atom stereocenters. The lowest BCUT2D eigenvalue weighted by atomic mass is 10.1. The molecule has 1 aliphatic rings. The molecule has 1 atom stereocenters. The molecule has 0 bridgehead atoms. The van der Waals surface area contributed by atoms with Gasteiger partial charge in [0, 0.05) is 31.4 Å². The average Bonchev–Trinajstić information content (AvgIpc) is 3.11. The van der Waals surface area contributed by atoms with Gasteiger partial charge in [0.1, 0.15) is 0 Å². The number of nitrogens with one attached hydrogen (secondary N) is 2. The number of carbonyl (C=O) groups excluding carboxylic acids is 3. The largest absolute Gasteiger partial charge is 0.359 e. The van der Waals surface area contributed by atoms with Crippen molar-refractivity contribution in [2.24, 2.45) is 5.92 Å². The molecule has 3 rings (SSSR count). The molecule has 0 aliphatic carbocycles. The quantitative estimate of drug-likeness (QED) is 0.810. The van der Waals surface area contributed by atoms with E-state index < -0.39 is 0 Å². The van der Waals surface area contributed by atoms with Gasteiger partial charge in [-0.25, -0.2) is 0 Å². The van der Waals surface area contributed by atoms with Gasteiger partial charge in [-0.15, -0.1) is 0 Å². The highest BCUT2D eigenvalue weighted by Crippen LogP contribution is 2.29. The monoisotopic (exact) mass is 379 g/mol. The third-order valence-corrected chi connectivity index (χ3v) is 5.02. The SMILES string of the molecule is CCc1ccccc1N1CC(C(=O)Nc2ccc(CC(=O)NC)cc2)CC1=O. The summed E-state index contributed by atoms with van der Waals surface area (Å²) in [5.41, 5.74) is 3.52. The molecule has 1 fully saturated rings. The van der Waals surface area contributed by atoms with E-state index in [1.165, 1.54) is 0 Å². The first-order valence-corrected chi connectivity index (χ1v) is 9.50. The van der Waals surface area contributed by atoms with E-state index in [0.29, 0.717) is 18.7 Å². The Morgan fingerprint density at radius 1 is 1.11 bits per heavy atom. The van der Waals surface area contributed by atoms with Gasteiger partial charge in [-0.1, -0.05) is 37.3 Å². The van der Waals surface area contributed by atoms with Crippen LogP contribution in [-0.2, 0) is 27.2 Å². The van der Waals surface area contributed by atoms with Gasteiger partial charge in [0.15, 0.2) is 0 Å². The third-order valence-electron chi connectivity index (χ3n) is 5.02. The number of benzene rings is 2. The standard InChI is InChI=1S/C22H25N3O3/c1-3-16-6-4-5-7-19(16)25-14-17(13-21(25)27)22(28)24-18-10-8-15(9-11-18)12-20(26)23-2/h4-11,17H,3,12-14H2,1-2H3,(H,23,26)(H,24,28). The number of nitrogens with zero attached hydrogens (tertiary/aromatic N) is 1. The average molecular weight is 379 g/mol. The van der Waals surface area contributed by atoms with Crippen LogP contribution in [0.2, 0.25) is 0 Å². The van der Waals surface area contributed by atoms with Crippen LogP contribution in [0.4, 0.5) is 11.4 Å². The van der Waals surface area contributed by atoms with E-state index in [-0.39, 0.29) is 30.1 Å². The number of aryl methyl sites for hydroxylation is 1. The maximum Gasteiger partial charge on any atom is 0.229 e. The number of hydrogen-bond donors (Lipinski definition) is 2.